The number of aryl methyl sites for hydroxylation is 3. The molecule has 8 nitrogen and oxygen atoms in total. The van der Waals surface area contributed by atoms with E-state index in [1.54, 1.807) is 0 Å². The molecule has 0 saturated carbocycles. The Morgan fingerprint density at radius 2 is 1.75 bits per heavy atom. The van der Waals surface area contributed by atoms with Gasteiger partial charge in [-0.15, -0.1) is 0 Å². The molecule has 0 spiro atoms. The first kappa shape index (κ1) is 14.1. The minimum atomic E-state index is -0.528. The Morgan fingerprint density at radius 1 is 1.15 bits per heavy atom. The van der Waals surface area contributed by atoms with E-state index in [0.717, 1.165) is 23.1 Å². The first-order valence-electron chi connectivity index (χ1n) is 5.65. The molecule has 0 aromatic carbocycles. The fourth-order valence-electron chi connectivity index (χ4n) is 1.67. The van der Waals surface area contributed by atoms with Gasteiger partial charge in [-0.25, -0.2) is 15.0 Å². The van der Waals surface area contributed by atoms with Crippen LogP contribution >= 0.6 is 11.8 Å². The van der Waals surface area contributed by atoms with Crippen LogP contribution in [0.3, 0.4) is 0 Å². The molecule has 0 aliphatic carbocycles. The maximum atomic E-state index is 11.1. The van der Waals surface area contributed by atoms with Crippen molar-refractivity contribution >= 4 is 23.4 Å². The number of nitrogens with two attached hydrogens (primary N) is 1. The maximum absolute atomic E-state index is 11.1. The molecule has 0 saturated heterocycles. The fourth-order valence-corrected chi connectivity index (χ4v) is 2.68. The maximum Gasteiger partial charge on any atom is 0.322 e. The highest BCUT2D eigenvalue weighted by molar-refractivity contribution is 7.99. The number of nitro groups is 1. The van der Waals surface area contributed by atoms with Crippen molar-refractivity contribution in [2.24, 2.45) is 0 Å². The van der Waals surface area contributed by atoms with Crippen LogP contribution in [0.15, 0.2) is 16.2 Å². The number of nitrogen functional groups attached to an aromatic ring is 1. The lowest BCUT2D eigenvalue weighted by Crippen LogP contribution is -2.04. The number of nitrogens with zero attached hydrogens (tertiary/aromatic N) is 5. The fraction of sp³-hybridized carbons (Fsp3) is 0.273. The molecule has 0 amide bonds. The monoisotopic (exact) mass is 292 g/mol. The molecule has 2 aromatic rings. The third-order valence-corrected chi connectivity index (χ3v) is 3.22. The summed E-state index contributed by atoms with van der Waals surface area (Å²) in [5, 5.41) is 11.6. The van der Waals surface area contributed by atoms with E-state index in [9.17, 15) is 10.1 Å². The van der Waals surface area contributed by atoms with Crippen molar-refractivity contribution in [2.45, 2.75) is 31.0 Å². The second kappa shape index (κ2) is 5.37. The molecule has 2 aromatic heterocycles. The topological polar surface area (TPSA) is 121 Å². The number of hydrogen-bond donors (Lipinski definition) is 1. The van der Waals surface area contributed by atoms with Crippen molar-refractivity contribution in [3.8, 4) is 0 Å². The normalized spacial score (nSPS) is 10.6. The molecule has 9 heteroatoms. The molecule has 2 N–H and O–H groups in total. The number of anilines is 1. The van der Waals surface area contributed by atoms with E-state index in [1.807, 2.05) is 19.9 Å². The lowest BCUT2D eigenvalue weighted by Gasteiger charge is -2.05. The predicted molar refractivity (Wildman–Crippen MR) is 73.5 cm³/mol. The number of hydrogen-bond acceptors (Lipinski definition) is 8. The van der Waals surface area contributed by atoms with Gasteiger partial charge >= 0.3 is 5.69 Å². The van der Waals surface area contributed by atoms with Crippen LogP contribution in [0.25, 0.3) is 0 Å². The van der Waals surface area contributed by atoms with Crippen LogP contribution in [-0.2, 0) is 0 Å². The van der Waals surface area contributed by atoms with Gasteiger partial charge in [0, 0.05) is 11.4 Å². The summed E-state index contributed by atoms with van der Waals surface area (Å²) in [4.78, 5) is 26.7. The van der Waals surface area contributed by atoms with Gasteiger partial charge in [-0.3, -0.25) is 10.1 Å². The zero-order valence-corrected chi connectivity index (χ0v) is 11.9. The first-order chi connectivity index (χ1) is 9.36. The molecule has 0 radical (unpaired) electrons. The van der Waals surface area contributed by atoms with Gasteiger partial charge in [0.25, 0.3) is 0 Å². The van der Waals surface area contributed by atoms with E-state index in [0.29, 0.717) is 5.16 Å². The highest BCUT2D eigenvalue weighted by Crippen LogP contribution is 2.33. The Morgan fingerprint density at radius 3 is 2.30 bits per heavy atom. The zero-order chi connectivity index (χ0) is 14.9. The molecule has 0 aliphatic rings. The highest BCUT2D eigenvalue weighted by Gasteiger charge is 2.23. The Bertz CT molecular complexity index is 671. The summed E-state index contributed by atoms with van der Waals surface area (Å²) in [5.41, 5.74) is 7.14. The first-order valence-corrected chi connectivity index (χ1v) is 6.47. The summed E-state index contributed by atoms with van der Waals surface area (Å²) in [6.45, 7) is 5.17. The molecule has 20 heavy (non-hydrogen) atoms. The minimum absolute atomic E-state index is 0.0139. The van der Waals surface area contributed by atoms with Crippen LogP contribution in [0.1, 0.15) is 17.1 Å². The molecule has 0 fully saturated rings. The van der Waals surface area contributed by atoms with E-state index in [4.69, 9.17) is 5.73 Å². The van der Waals surface area contributed by atoms with E-state index in [2.05, 4.69) is 19.9 Å². The van der Waals surface area contributed by atoms with Crippen molar-refractivity contribution in [1.29, 1.82) is 0 Å². The van der Waals surface area contributed by atoms with Crippen molar-refractivity contribution in [3.63, 3.8) is 0 Å². The van der Waals surface area contributed by atoms with Crippen molar-refractivity contribution in [3.05, 3.63) is 33.3 Å². The minimum Gasteiger partial charge on any atom is -0.368 e. The molecule has 0 bridgehead atoms. The molecule has 2 heterocycles. The summed E-state index contributed by atoms with van der Waals surface area (Å²) in [6.07, 6.45) is 0. The Hall–Kier alpha value is -2.29. The Labute approximate surface area is 119 Å². The Balaban J connectivity index is 2.49. The number of aromatic nitrogens is 4. The van der Waals surface area contributed by atoms with Crippen molar-refractivity contribution in [2.75, 3.05) is 5.73 Å². The lowest BCUT2D eigenvalue weighted by atomic mass is 10.4. The van der Waals surface area contributed by atoms with Gasteiger partial charge in [0.1, 0.15) is 5.69 Å². The summed E-state index contributed by atoms with van der Waals surface area (Å²) in [5.74, 6) is -0.0139. The van der Waals surface area contributed by atoms with Crippen LogP contribution in [0.5, 0.6) is 0 Å². The van der Waals surface area contributed by atoms with E-state index in [-0.39, 0.29) is 22.4 Å². The lowest BCUT2D eigenvalue weighted by molar-refractivity contribution is -0.389. The van der Waals surface area contributed by atoms with Crippen LogP contribution in [0.4, 0.5) is 11.6 Å². The standard InChI is InChI=1S/C11H12N6O2S/c1-5-4-6(2)14-11(13-5)20-9-8(17(18)19)7(3)15-10(12)16-9/h4H,1-3H3,(H2,12,15,16). The molecule has 104 valence electrons. The van der Waals surface area contributed by atoms with Crippen molar-refractivity contribution in [1.82, 2.24) is 19.9 Å². The summed E-state index contributed by atoms with van der Waals surface area (Å²) < 4.78 is 0. The summed E-state index contributed by atoms with van der Waals surface area (Å²) in [6, 6.07) is 1.82. The SMILES string of the molecule is Cc1cc(C)nc(Sc2nc(N)nc(C)c2[N+](=O)[O-])n1. The average Bonchev–Trinajstić information content (AvgIpc) is 2.25. The molecule has 2 rings (SSSR count). The smallest absolute Gasteiger partial charge is 0.322 e. The summed E-state index contributed by atoms with van der Waals surface area (Å²) in [7, 11) is 0. The second-order valence-corrected chi connectivity index (χ2v) is 5.07. The molecule has 0 unspecified atom stereocenters. The average molecular weight is 292 g/mol. The second-order valence-electron chi connectivity index (χ2n) is 4.11. The van der Waals surface area contributed by atoms with Gasteiger partial charge in [0.05, 0.1) is 4.92 Å². The van der Waals surface area contributed by atoms with Crippen LogP contribution in [0.2, 0.25) is 0 Å². The van der Waals surface area contributed by atoms with Gasteiger partial charge in [-0.05, 0) is 38.6 Å². The van der Waals surface area contributed by atoms with Crippen LogP contribution < -0.4 is 5.73 Å². The van der Waals surface area contributed by atoms with Crippen LogP contribution in [-0.4, -0.2) is 24.9 Å². The van der Waals surface area contributed by atoms with Crippen LogP contribution in [0, 0.1) is 30.9 Å². The summed E-state index contributed by atoms with van der Waals surface area (Å²) >= 11 is 1.00. The predicted octanol–water partition coefficient (Wildman–Crippen LogP) is 1.83. The van der Waals surface area contributed by atoms with E-state index < -0.39 is 4.92 Å². The molecule has 0 aliphatic heterocycles. The van der Waals surface area contributed by atoms with Gasteiger partial charge in [-0.1, -0.05) is 0 Å². The third-order valence-electron chi connectivity index (χ3n) is 2.38. The van der Waals surface area contributed by atoms with E-state index in [1.165, 1.54) is 6.92 Å². The molecule has 0 atom stereocenters. The molecular weight excluding hydrogens is 280 g/mol. The highest BCUT2D eigenvalue weighted by atomic mass is 32.2. The van der Waals surface area contributed by atoms with Gasteiger partial charge < -0.3 is 5.73 Å². The quantitative estimate of drug-likeness (QED) is 0.393. The zero-order valence-electron chi connectivity index (χ0n) is 11.1. The largest absolute Gasteiger partial charge is 0.368 e. The Kier molecular flexibility index (Phi) is 3.79. The van der Waals surface area contributed by atoms with Gasteiger partial charge in [0.2, 0.25) is 5.95 Å². The van der Waals surface area contributed by atoms with Gasteiger partial charge in [-0.2, -0.15) is 4.98 Å². The number of rotatable bonds is 3. The van der Waals surface area contributed by atoms with Gasteiger partial charge in [0.15, 0.2) is 10.2 Å². The third kappa shape index (κ3) is 2.99. The van der Waals surface area contributed by atoms with E-state index >= 15 is 0 Å². The molecular formula is C11H12N6O2S. The van der Waals surface area contributed by atoms with Crippen molar-refractivity contribution < 1.29 is 4.92 Å².